The molecule has 2 atom stereocenters. The summed E-state index contributed by atoms with van der Waals surface area (Å²) in [7, 11) is 0. The second kappa shape index (κ2) is 4.55. The van der Waals surface area contributed by atoms with Gasteiger partial charge >= 0.3 is 6.18 Å². The van der Waals surface area contributed by atoms with E-state index >= 15 is 0 Å². The number of halogens is 3. The second-order valence-corrected chi connectivity index (χ2v) is 8.51. The van der Waals surface area contributed by atoms with Gasteiger partial charge in [0.05, 0.1) is 34.5 Å². The van der Waals surface area contributed by atoms with Crippen molar-refractivity contribution in [2.75, 3.05) is 0 Å². The zero-order valence-electron chi connectivity index (χ0n) is 14.8. The molecule has 0 saturated heterocycles. The highest BCUT2D eigenvalue weighted by Crippen LogP contribution is 2.71. The minimum Gasteiger partial charge on any atom is -0.375 e. The smallest absolute Gasteiger partial charge is 0.375 e. The van der Waals surface area contributed by atoms with Crippen LogP contribution in [0.5, 0.6) is 0 Å². The summed E-state index contributed by atoms with van der Waals surface area (Å²) in [6, 6.07) is 2.37. The maximum Gasteiger partial charge on any atom is 0.422 e. The number of rotatable bonds is 2. The molecule has 0 radical (unpaired) electrons. The van der Waals surface area contributed by atoms with Gasteiger partial charge in [0, 0.05) is 5.56 Å². The minimum atomic E-state index is -4.86. The van der Waals surface area contributed by atoms with Gasteiger partial charge in [0.15, 0.2) is 5.76 Å². The van der Waals surface area contributed by atoms with Gasteiger partial charge in [-0.05, 0) is 38.5 Å². The van der Waals surface area contributed by atoms with Crippen molar-refractivity contribution < 1.29 is 22.8 Å². The van der Waals surface area contributed by atoms with Gasteiger partial charge < -0.3 is 9.63 Å². The summed E-state index contributed by atoms with van der Waals surface area (Å²) in [6.07, 6.45) is -0.509. The van der Waals surface area contributed by atoms with Crippen molar-refractivity contribution in [1.82, 2.24) is 14.9 Å². The maximum absolute atomic E-state index is 13.3. The van der Waals surface area contributed by atoms with Crippen molar-refractivity contribution in [2.45, 2.75) is 62.8 Å². The van der Waals surface area contributed by atoms with Crippen LogP contribution >= 0.6 is 0 Å². The zero-order chi connectivity index (χ0) is 19.4. The molecular formula is C18H17F3N4O2. The van der Waals surface area contributed by atoms with Gasteiger partial charge in [-0.1, -0.05) is 12.1 Å². The predicted molar refractivity (Wildman–Crippen MR) is 85.3 cm³/mol. The Kier molecular flexibility index (Phi) is 2.83. The van der Waals surface area contributed by atoms with Gasteiger partial charge in [-0.2, -0.15) is 23.5 Å². The molecule has 3 fully saturated rings. The van der Waals surface area contributed by atoms with E-state index in [1.54, 1.807) is 13.1 Å². The lowest BCUT2D eigenvalue weighted by atomic mass is 9.40. The lowest BCUT2D eigenvalue weighted by Gasteiger charge is -2.67. The van der Waals surface area contributed by atoms with E-state index in [-0.39, 0.29) is 28.2 Å². The van der Waals surface area contributed by atoms with Crippen molar-refractivity contribution >= 4 is 0 Å². The molecule has 6 rings (SSSR count). The number of nitrogens with zero attached hydrogens (tertiary/aromatic N) is 4. The van der Waals surface area contributed by atoms with Crippen molar-refractivity contribution in [1.29, 1.82) is 5.26 Å². The lowest BCUT2D eigenvalue weighted by Crippen LogP contribution is -2.67. The van der Waals surface area contributed by atoms with Crippen LogP contribution in [0.2, 0.25) is 0 Å². The summed E-state index contributed by atoms with van der Waals surface area (Å²) in [4.78, 5) is 0. The Balaban J connectivity index is 1.59. The third kappa shape index (κ3) is 1.84. The van der Waals surface area contributed by atoms with Gasteiger partial charge in [0.1, 0.15) is 5.69 Å². The first-order valence-electron chi connectivity index (χ1n) is 8.82. The molecule has 2 aromatic heterocycles. The number of hydrogen-bond donors (Lipinski definition) is 1. The Morgan fingerprint density at radius 2 is 2.04 bits per heavy atom. The Bertz CT molecular complexity index is 991. The number of fused-ring (bicyclic) bond motifs is 3. The number of aliphatic hydroxyl groups is 1. The van der Waals surface area contributed by atoms with Crippen molar-refractivity contribution in [2.24, 2.45) is 5.41 Å². The Morgan fingerprint density at radius 1 is 1.37 bits per heavy atom. The fourth-order valence-electron chi connectivity index (χ4n) is 5.07. The topological polar surface area (TPSA) is 87.9 Å². The van der Waals surface area contributed by atoms with Crippen LogP contribution in [-0.4, -0.2) is 26.2 Å². The third-order valence-electron chi connectivity index (χ3n) is 6.54. The summed E-state index contributed by atoms with van der Waals surface area (Å²) in [5, 5.41) is 27.4. The molecule has 2 bridgehead atoms. The van der Waals surface area contributed by atoms with E-state index in [2.05, 4.69) is 16.3 Å². The first-order valence-corrected chi connectivity index (χ1v) is 8.82. The molecule has 0 spiro atoms. The van der Waals surface area contributed by atoms with E-state index in [9.17, 15) is 23.5 Å². The van der Waals surface area contributed by atoms with E-state index in [1.807, 2.05) is 4.68 Å². The Hall–Kier alpha value is -2.34. The summed E-state index contributed by atoms with van der Waals surface area (Å²) in [5.74, 6) is -0.0635. The van der Waals surface area contributed by atoms with E-state index in [0.717, 1.165) is 25.0 Å². The SMILES string of the molecule is C[C@@H]1Cc2c(cnn2C23CC(C#N)(C2)C3)-c2onc([C@](C)(O)C(F)(F)F)c21. The molecule has 4 aliphatic carbocycles. The largest absolute Gasteiger partial charge is 0.422 e. The third-order valence-corrected chi connectivity index (χ3v) is 6.54. The van der Waals surface area contributed by atoms with Crippen molar-refractivity contribution in [3.8, 4) is 17.4 Å². The van der Waals surface area contributed by atoms with Gasteiger partial charge in [-0.15, -0.1) is 0 Å². The Labute approximate surface area is 152 Å². The fourth-order valence-corrected chi connectivity index (χ4v) is 5.07. The van der Waals surface area contributed by atoms with Crippen LogP contribution in [-0.2, 0) is 17.6 Å². The van der Waals surface area contributed by atoms with Crippen molar-refractivity contribution in [3.05, 3.63) is 23.1 Å². The van der Waals surface area contributed by atoms with Gasteiger partial charge in [0.25, 0.3) is 0 Å². The molecular weight excluding hydrogens is 361 g/mol. The lowest BCUT2D eigenvalue weighted by molar-refractivity contribution is -0.261. The molecule has 0 amide bonds. The van der Waals surface area contributed by atoms with Gasteiger partial charge in [0.2, 0.25) is 5.60 Å². The summed E-state index contributed by atoms with van der Waals surface area (Å²) >= 11 is 0. The van der Waals surface area contributed by atoms with E-state index in [0.29, 0.717) is 18.9 Å². The minimum absolute atomic E-state index is 0.152. The standard InChI is InChI=1S/C18H17F3N4O2/c1-9-3-11-10(4-23-25(11)17-5-16(6-17,7-17)8-22)13-12(9)14(24-27-13)15(2,26)18(19,20)21/h4,9,26H,3,5-7H2,1-2H3/t9-,15+,16?,17?/m1/s1. The van der Waals surface area contributed by atoms with Crippen LogP contribution in [0.1, 0.15) is 56.0 Å². The molecule has 9 heteroatoms. The number of hydrogen-bond acceptors (Lipinski definition) is 5. The molecule has 0 unspecified atom stereocenters. The molecule has 1 N–H and O–H groups in total. The molecule has 142 valence electrons. The average Bonchev–Trinajstić information content (AvgIpc) is 3.09. The van der Waals surface area contributed by atoms with Gasteiger partial charge in [-0.25, -0.2) is 0 Å². The summed E-state index contributed by atoms with van der Waals surface area (Å²) < 4.78 is 47.1. The van der Waals surface area contributed by atoms with Crippen LogP contribution in [0.3, 0.4) is 0 Å². The van der Waals surface area contributed by atoms with Crippen LogP contribution < -0.4 is 0 Å². The van der Waals surface area contributed by atoms with Gasteiger partial charge in [-0.3, -0.25) is 4.68 Å². The molecule has 4 aliphatic rings. The second-order valence-electron chi connectivity index (χ2n) is 8.51. The first-order chi connectivity index (χ1) is 12.5. The van der Waals surface area contributed by atoms with Crippen LogP contribution in [0.25, 0.3) is 11.3 Å². The zero-order valence-corrected chi connectivity index (χ0v) is 14.8. The highest BCUT2D eigenvalue weighted by Gasteiger charge is 2.71. The van der Waals surface area contributed by atoms with Crippen molar-refractivity contribution in [3.63, 3.8) is 0 Å². The van der Waals surface area contributed by atoms with E-state index in [1.165, 1.54) is 0 Å². The quantitative estimate of drug-likeness (QED) is 0.866. The molecule has 0 aromatic carbocycles. The average molecular weight is 378 g/mol. The summed E-state index contributed by atoms with van der Waals surface area (Å²) in [5.41, 5.74) is -2.14. The number of alkyl halides is 3. The monoisotopic (exact) mass is 378 g/mol. The Morgan fingerprint density at radius 3 is 2.63 bits per heavy atom. The van der Waals surface area contributed by atoms with Crippen LogP contribution in [0, 0.1) is 16.7 Å². The number of nitriles is 1. The molecule has 27 heavy (non-hydrogen) atoms. The van der Waals surface area contributed by atoms with E-state index in [4.69, 9.17) is 4.52 Å². The number of aromatic nitrogens is 3. The molecule has 2 aromatic rings. The first kappa shape index (κ1) is 16.8. The van der Waals surface area contributed by atoms with Crippen LogP contribution in [0.15, 0.2) is 10.7 Å². The summed E-state index contributed by atoms with van der Waals surface area (Å²) in [6.45, 7) is 2.49. The molecule has 3 saturated carbocycles. The van der Waals surface area contributed by atoms with E-state index < -0.39 is 17.5 Å². The van der Waals surface area contributed by atoms with Crippen LogP contribution in [0.4, 0.5) is 13.2 Å². The molecule has 2 heterocycles. The highest BCUT2D eigenvalue weighted by atomic mass is 19.4. The normalized spacial score (nSPS) is 33.1. The predicted octanol–water partition coefficient (Wildman–Crippen LogP) is 3.37. The molecule has 0 aliphatic heterocycles. The highest BCUT2D eigenvalue weighted by molar-refractivity contribution is 5.68. The fraction of sp³-hybridized carbons (Fsp3) is 0.611. The molecule has 6 nitrogen and oxygen atoms in total. The maximum atomic E-state index is 13.3.